The van der Waals surface area contributed by atoms with Crippen LogP contribution in [0.25, 0.3) is 0 Å². The summed E-state index contributed by atoms with van der Waals surface area (Å²) in [5.74, 6) is -3.06. The highest BCUT2D eigenvalue weighted by Gasteiger charge is 2.63. The molecule has 0 spiro atoms. The second kappa shape index (κ2) is 2.70. The fourth-order valence-electron chi connectivity index (χ4n) is 3.09. The summed E-state index contributed by atoms with van der Waals surface area (Å²) in [6.07, 6.45) is 1.80. The molecule has 14 heavy (non-hydrogen) atoms. The predicted molar refractivity (Wildman–Crippen MR) is 46.5 cm³/mol. The third-order valence-electron chi connectivity index (χ3n) is 3.83. The standard InChI is InChI=1S/C9H13NO4/c10-9(8(13)14)4-1-2-6(9)5(3-4)7(11)12/h4-6H,1-3,10H2,(H,11,12)(H,13,14)/t4-,5+,6-,9+/m0/s1. The van der Waals surface area contributed by atoms with Crippen molar-refractivity contribution in [1.29, 1.82) is 0 Å². The maximum Gasteiger partial charge on any atom is 0.324 e. The van der Waals surface area contributed by atoms with Crippen LogP contribution in [0.15, 0.2) is 0 Å². The maximum absolute atomic E-state index is 11.0. The monoisotopic (exact) mass is 199 g/mol. The van der Waals surface area contributed by atoms with Crippen LogP contribution >= 0.6 is 0 Å². The van der Waals surface area contributed by atoms with Crippen molar-refractivity contribution in [2.75, 3.05) is 0 Å². The Morgan fingerprint density at radius 2 is 1.93 bits per heavy atom. The first-order valence-corrected chi connectivity index (χ1v) is 4.73. The highest BCUT2D eigenvalue weighted by molar-refractivity contribution is 5.83. The van der Waals surface area contributed by atoms with E-state index in [0.29, 0.717) is 12.8 Å². The second-order valence-corrected chi connectivity index (χ2v) is 4.30. The molecular weight excluding hydrogens is 186 g/mol. The van der Waals surface area contributed by atoms with E-state index >= 15 is 0 Å². The van der Waals surface area contributed by atoms with Crippen molar-refractivity contribution in [2.24, 2.45) is 23.5 Å². The predicted octanol–water partition coefficient (Wildman–Crippen LogP) is -0.101. The molecule has 0 aromatic heterocycles. The van der Waals surface area contributed by atoms with Crippen LogP contribution in [0.1, 0.15) is 19.3 Å². The normalized spacial score (nSPS) is 45.4. The molecule has 0 aromatic rings. The molecule has 2 saturated carbocycles. The molecule has 0 saturated heterocycles. The molecule has 0 amide bonds. The van der Waals surface area contributed by atoms with Crippen LogP contribution in [0.2, 0.25) is 0 Å². The van der Waals surface area contributed by atoms with Crippen LogP contribution in [-0.2, 0) is 9.59 Å². The summed E-state index contributed by atoms with van der Waals surface area (Å²) in [6, 6.07) is 0. The van der Waals surface area contributed by atoms with Gasteiger partial charge < -0.3 is 15.9 Å². The van der Waals surface area contributed by atoms with Crippen LogP contribution in [0.3, 0.4) is 0 Å². The zero-order valence-corrected chi connectivity index (χ0v) is 7.64. The summed E-state index contributed by atoms with van der Waals surface area (Å²) in [4.78, 5) is 21.9. The Balaban J connectivity index is 2.32. The van der Waals surface area contributed by atoms with Gasteiger partial charge in [0.15, 0.2) is 0 Å². The SMILES string of the molecule is N[C@]1(C(=O)O)[C@H]2CC[C@H]1[C@H](C(=O)O)C2. The molecule has 0 heterocycles. The van der Waals surface area contributed by atoms with Gasteiger partial charge in [0.1, 0.15) is 5.54 Å². The van der Waals surface area contributed by atoms with Gasteiger partial charge in [-0.25, -0.2) is 0 Å². The first-order chi connectivity index (χ1) is 6.48. The van der Waals surface area contributed by atoms with Crippen molar-refractivity contribution < 1.29 is 19.8 Å². The van der Waals surface area contributed by atoms with E-state index in [0.717, 1.165) is 6.42 Å². The van der Waals surface area contributed by atoms with Gasteiger partial charge in [0.05, 0.1) is 5.92 Å². The fourth-order valence-corrected chi connectivity index (χ4v) is 3.09. The van der Waals surface area contributed by atoms with E-state index < -0.39 is 23.4 Å². The van der Waals surface area contributed by atoms with E-state index in [4.69, 9.17) is 15.9 Å². The maximum atomic E-state index is 11.0. The number of aliphatic carboxylic acids is 2. The average Bonchev–Trinajstić information content (AvgIpc) is 2.58. The molecule has 2 rings (SSSR count). The third-order valence-corrected chi connectivity index (χ3v) is 3.83. The van der Waals surface area contributed by atoms with Crippen molar-refractivity contribution in [3.8, 4) is 0 Å². The van der Waals surface area contributed by atoms with Gasteiger partial charge >= 0.3 is 11.9 Å². The summed E-state index contributed by atoms with van der Waals surface area (Å²) >= 11 is 0. The second-order valence-electron chi connectivity index (χ2n) is 4.30. The minimum Gasteiger partial charge on any atom is -0.481 e. The number of carbonyl (C=O) groups is 2. The zero-order valence-electron chi connectivity index (χ0n) is 7.64. The lowest BCUT2D eigenvalue weighted by atomic mass is 9.85. The number of fused-ring (bicyclic) bond motifs is 2. The number of rotatable bonds is 2. The van der Waals surface area contributed by atoms with E-state index in [1.54, 1.807) is 0 Å². The van der Waals surface area contributed by atoms with Gasteiger partial charge in [0, 0.05) is 5.92 Å². The summed E-state index contributed by atoms with van der Waals surface area (Å²) in [5.41, 5.74) is 4.53. The summed E-state index contributed by atoms with van der Waals surface area (Å²) in [6.45, 7) is 0. The van der Waals surface area contributed by atoms with Gasteiger partial charge in [0.25, 0.3) is 0 Å². The van der Waals surface area contributed by atoms with Crippen LogP contribution < -0.4 is 5.73 Å². The lowest BCUT2D eigenvalue weighted by molar-refractivity contribution is -0.147. The van der Waals surface area contributed by atoms with E-state index in [1.165, 1.54) is 0 Å². The van der Waals surface area contributed by atoms with Crippen molar-refractivity contribution >= 4 is 11.9 Å². The van der Waals surface area contributed by atoms with Gasteiger partial charge in [-0.05, 0) is 25.2 Å². The highest BCUT2D eigenvalue weighted by Crippen LogP contribution is 2.54. The third kappa shape index (κ3) is 0.930. The molecular formula is C9H13NO4. The Kier molecular flexibility index (Phi) is 1.82. The van der Waals surface area contributed by atoms with E-state index in [-0.39, 0.29) is 11.8 Å². The molecule has 2 fully saturated rings. The number of hydrogen-bond donors (Lipinski definition) is 3. The first kappa shape index (κ1) is 9.45. The number of carboxylic acids is 2. The zero-order chi connectivity index (χ0) is 10.5. The van der Waals surface area contributed by atoms with Crippen molar-refractivity contribution in [3.05, 3.63) is 0 Å². The quantitative estimate of drug-likeness (QED) is 0.576. The minimum atomic E-state index is -1.29. The lowest BCUT2D eigenvalue weighted by Crippen LogP contribution is -2.53. The molecule has 0 radical (unpaired) electrons. The molecule has 2 bridgehead atoms. The van der Waals surface area contributed by atoms with Crippen molar-refractivity contribution in [3.63, 3.8) is 0 Å². The molecule has 5 heteroatoms. The Morgan fingerprint density at radius 3 is 2.29 bits per heavy atom. The van der Waals surface area contributed by atoms with Crippen LogP contribution in [0, 0.1) is 17.8 Å². The summed E-state index contributed by atoms with van der Waals surface area (Å²) in [5, 5.41) is 17.9. The van der Waals surface area contributed by atoms with Crippen LogP contribution in [-0.4, -0.2) is 27.7 Å². The highest BCUT2D eigenvalue weighted by atomic mass is 16.4. The molecule has 2 aliphatic rings. The number of hydrogen-bond acceptors (Lipinski definition) is 3. The van der Waals surface area contributed by atoms with E-state index in [1.807, 2.05) is 0 Å². The molecule has 2 aliphatic carbocycles. The summed E-state index contributed by atoms with van der Waals surface area (Å²) < 4.78 is 0. The molecule has 0 aromatic carbocycles. The molecule has 4 atom stereocenters. The molecule has 78 valence electrons. The molecule has 4 N–H and O–H groups in total. The Labute approximate surface area is 80.9 Å². The van der Waals surface area contributed by atoms with E-state index in [9.17, 15) is 9.59 Å². The number of nitrogens with two attached hydrogens (primary N) is 1. The van der Waals surface area contributed by atoms with Gasteiger partial charge in [-0.1, -0.05) is 0 Å². The van der Waals surface area contributed by atoms with Crippen molar-refractivity contribution in [1.82, 2.24) is 0 Å². The molecule has 0 aliphatic heterocycles. The molecule has 5 nitrogen and oxygen atoms in total. The number of carboxylic acid groups (broad SMARTS) is 2. The van der Waals surface area contributed by atoms with Crippen molar-refractivity contribution in [2.45, 2.75) is 24.8 Å². The van der Waals surface area contributed by atoms with E-state index in [2.05, 4.69) is 0 Å². The Morgan fingerprint density at radius 1 is 1.29 bits per heavy atom. The van der Waals surface area contributed by atoms with Gasteiger partial charge in [-0.15, -0.1) is 0 Å². The Hall–Kier alpha value is -1.10. The smallest absolute Gasteiger partial charge is 0.324 e. The minimum absolute atomic E-state index is 0.161. The topological polar surface area (TPSA) is 101 Å². The van der Waals surface area contributed by atoms with Gasteiger partial charge in [0.2, 0.25) is 0 Å². The van der Waals surface area contributed by atoms with Gasteiger partial charge in [-0.3, -0.25) is 9.59 Å². The van der Waals surface area contributed by atoms with Crippen LogP contribution in [0.5, 0.6) is 0 Å². The molecule has 0 unspecified atom stereocenters. The largest absolute Gasteiger partial charge is 0.481 e. The lowest BCUT2D eigenvalue weighted by Gasteiger charge is -2.24. The Bertz CT molecular complexity index is 303. The fraction of sp³-hybridized carbons (Fsp3) is 0.778. The van der Waals surface area contributed by atoms with Gasteiger partial charge in [-0.2, -0.15) is 0 Å². The van der Waals surface area contributed by atoms with Crippen LogP contribution in [0.4, 0.5) is 0 Å². The average molecular weight is 199 g/mol. The summed E-state index contributed by atoms with van der Waals surface area (Å²) in [7, 11) is 0. The first-order valence-electron chi connectivity index (χ1n) is 4.73.